The van der Waals surface area contributed by atoms with E-state index in [9.17, 15) is 4.79 Å². The summed E-state index contributed by atoms with van der Waals surface area (Å²) in [7, 11) is 0. The lowest BCUT2D eigenvalue weighted by Gasteiger charge is -2.18. The average molecular weight is 200 g/mol. The predicted molar refractivity (Wildman–Crippen MR) is 60.2 cm³/mol. The third kappa shape index (κ3) is 9.52. The summed E-state index contributed by atoms with van der Waals surface area (Å²) in [6.07, 6.45) is 1.09. The zero-order valence-electron chi connectivity index (χ0n) is 10.1. The number of amides is 1. The molecule has 0 aromatic carbocycles. The highest BCUT2D eigenvalue weighted by Gasteiger charge is 2.09. The highest BCUT2D eigenvalue weighted by Crippen LogP contribution is 2.16. The van der Waals surface area contributed by atoms with Gasteiger partial charge in [-0.15, -0.1) is 0 Å². The third-order valence-corrected chi connectivity index (χ3v) is 1.79. The summed E-state index contributed by atoms with van der Waals surface area (Å²) in [6, 6.07) is 0.229. The number of rotatable bonds is 5. The molecule has 0 aliphatic heterocycles. The molecule has 0 fully saturated rings. The maximum Gasteiger partial charge on any atom is 0.234 e. The zero-order chi connectivity index (χ0) is 11.2. The van der Waals surface area contributed by atoms with Crippen LogP contribution in [-0.2, 0) is 4.79 Å². The molecule has 3 nitrogen and oxygen atoms in total. The lowest BCUT2D eigenvalue weighted by molar-refractivity contribution is -0.120. The van der Waals surface area contributed by atoms with Crippen molar-refractivity contribution >= 4 is 5.91 Å². The summed E-state index contributed by atoms with van der Waals surface area (Å²) < 4.78 is 0. The molecule has 0 saturated heterocycles. The van der Waals surface area contributed by atoms with E-state index in [1.165, 1.54) is 0 Å². The van der Waals surface area contributed by atoms with Crippen molar-refractivity contribution in [2.24, 2.45) is 5.41 Å². The van der Waals surface area contributed by atoms with Gasteiger partial charge in [0.25, 0.3) is 0 Å². The Morgan fingerprint density at radius 2 is 1.86 bits per heavy atom. The second-order valence-electron chi connectivity index (χ2n) is 5.21. The maximum absolute atomic E-state index is 11.2. The molecule has 0 heterocycles. The lowest BCUT2D eigenvalue weighted by atomic mass is 9.92. The maximum atomic E-state index is 11.2. The van der Waals surface area contributed by atoms with Gasteiger partial charge in [-0.05, 0) is 32.2 Å². The van der Waals surface area contributed by atoms with E-state index in [1.54, 1.807) is 0 Å². The molecule has 0 atom stereocenters. The fourth-order valence-corrected chi connectivity index (χ4v) is 1.04. The molecule has 14 heavy (non-hydrogen) atoms. The molecule has 0 aliphatic rings. The van der Waals surface area contributed by atoms with E-state index in [0.717, 1.165) is 13.0 Å². The van der Waals surface area contributed by atoms with E-state index >= 15 is 0 Å². The summed E-state index contributed by atoms with van der Waals surface area (Å²) in [5.41, 5.74) is 0.335. The van der Waals surface area contributed by atoms with Crippen LogP contribution in [0.1, 0.15) is 41.0 Å². The molecular weight excluding hydrogens is 176 g/mol. The molecule has 0 spiro atoms. The van der Waals surface area contributed by atoms with Crippen LogP contribution in [0.15, 0.2) is 0 Å². The second kappa shape index (κ2) is 6.02. The van der Waals surface area contributed by atoms with Crippen LogP contribution >= 0.6 is 0 Å². The van der Waals surface area contributed by atoms with Crippen LogP contribution in [0.2, 0.25) is 0 Å². The van der Waals surface area contributed by atoms with Crippen LogP contribution in [0, 0.1) is 5.41 Å². The van der Waals surface area contributed by atoms with Crippen molar-refractivity contribution in [2.45, 2.75) is 47.1 Å². The van der Waals surface area contributed by atoms with Gasteiger partial charge in [0.05, 0.1) is 6.54 Å². The second-order valence-corrected chi connectivity index (χ2v) is 5.21. The van der Waals surface area contributed by atoms with Gasteiger partial charge in [-0.25, -0.2) is 0 Å². The molecule has 0 bridgehead atoms. The van der Waals surface area contributed by atoms with Crippen molar-refractivity contribution in [2.75, 3.05) is 13.1 Å². The summed E-state index contributed by atoms with van der Waals surface area (Å²) in [4.78, 5) is 11.2. The normalized spacial score (nSPS) is 11.9. The number of carbonyl (C=O) groups is 1. The largest absolute Gasteiger partial charge is 0.353 e. The van der Waals surface area contributed by atoms with E-state index in [4.69, 9.17) is 0 Å². The zero-order valence-corrected chi connectivity index (χ0v) is 10.1. The van der Waals surface area contributed by atoms with Crippen LogP contribution in [0.25, 0.3) is 0 Å². The van der Waals surface area contributed by atoms with Gasteiger partial charge in [-0.3, -0.25) is 4.79 Å². The summed E-state index contributed by atoms with van der Waals surface area (Å²) >= 11 is 0. The molecule has 0 aromatic heterocycles. The quantitative estimate of drug-likeness (QED) is 0.661. The first kappa shape index (κ1) is 13.4. The Morgan fingerprint density at radius 3 is 2.29 bits per heavy atom. The van der Waals surface area contributed by atoms with Crippen molar-refractivity contribution in [3.63, 3.8) is 0 Å². The van der Waals surface area contributed by atoms with Crippen LogP contribution in [0.5, 0.6) is 0 Å². The smallest absolute Gasteiger partial charge is 0.234 e. The minimum Gasteiger partial charge on any atom is -0.353 e. The van der Waals surface area contributed by atoms with Crippen molar-refractivity contribution in [1.29, 1.82) is 0 Å². The number of hydrogen-bond acceptors (Lipinski definition) is 2. The van der Waals surface area contributed by atoms with Crippen LogP contribution in [-0.4, -0.2) is 25.0 Å². The molecule has 84 valence electrons. The molecule has 3 heteroatoms. The van der Waals surface area contributed by atoms with Gasteiger partial charge in [-0.1, -0.05) is 20.8 Å². The first-order valence-electron chi connectivity index (χ1n) is 5.31. The van der Waals surface area contributed by atoms with E-state index in [0.29, 0.717) is 12.0 Å². The fourth-order valence-electron chi connectivity index (χ4n) is 1.04. The molecule has 0 radical (unpaired) electrons. The Bertz CT molecular complexity index is 171. The van der Waals surface area contributed by atoms with E-state index in [1.807, 2.05) is 13.8 Å². The van der Waals surface area contributed by atoms with Crippen molar-refractivity contribution in [3.8, 4) is 0 Å². The van der Waals surface area contributed by atoms with Crippen LogP contribution in [0.3, 0.4) is 0 Å². The highest BCUT2D eigenvalue weighted by atomic mass is 16.1. The molecule has 0 unspecified atom stereocenters. The first-order chi connectivity index (χ1) is 6.31. The Kier molecular flexibility index (Phi) is 5.77. The van der Waals surface area contributed by atoms with E-state index < -0.39 is 0 Å². The van der Waals surface area contributed by atoms with E-state index in [-0.39, 0.29) is 11.9 Å². The van der Waals surface area contributed by atoms with Gasteiger partial charge < -0.3 is 10.6 Å². The molecule has 0 aliphatic carbocycles. The summed E-state index contributed by atoms with van der Waals surface area (Å²) in [5.74, 6) is 0.0777. The van der Waals surface area contributed by atoms with Gasteiger partial charge in [-0.2, -0.15) is 0 Å². The molecule has 0 aromatic rings. The Balaban J connectivity index is 3.41. The predicted octanol–water partition coefficient (Wildman–Crippen LogP) is 1.54. The Morgan fingerprint density at radius 1 is 1.29 bits per heavy atom. The molecule has 1 amide bonds. The van der Waals surface area contributed by atoms with Crippen molar-refractivity contribution in [1.82, 2.24) is 10.6 Å². The Labute approximate surface area is 87.6 Å². The number of carbonyl (C=O) groups excluding carboxylic acids is 1. The monoisotopic (exact) mass is 200 g/mol. The summed E-state index contributed by atoms with van der Waals surface area (Å²) in [5, 5.41) is 5.97. The van der Waals surface area contributed by atoms with Crippen molar-refractivity contribution in [3.05, 3.63) is 0 Å². The molecule has 2 N–H and O–H groups in total. The number of nitrogens with one attached hydrogen (secondary N) is 2. The minimum atomic E-state index is 0.0777. The average Bonchev–Trinajstić information content (AvgIpc) is 1.95. The molecule has 0 rings (SSSR count). The van der Waals surface area contributed by atoms with Gasteiger partial charge >= 0.3 is 0 Å². The van der Waals surface area contributed by atoms with Gasteiger partial charge in [0.1, 0.15) is 0 Å². The van der Waals surface area contributed by atoms with E-state index in [2.05, 4.69) is 31.4 Å². The first-order valence-corrected chi connectivity index (χ1v) is 5.31. The lowest BCUT2D eigenvalue weighted by Crippen LogP contribution is -2.38. The fraction of sp³-hybridized carbons (Fsp3) is 0.909. The topological polar surface area (TPSA) is 41.1 Å². The standard InChI is InChI=1S/C11H24N2O/c1-9(2)13-10(14)8-12-7-6-11(3,4)5/h9,12H,6-8H2,1-5H3,(H,13,14). The third-order valence-electron chi connectivity index (χ3n) is 1.79. The molecule has 0 saturated carbocycles. The summed E-state index contributed by atoms with van der Waals surface area (Å²) in [6.45, 7) is 11.8. The molecular formula is C11H24N2O. The van der Waals surface area contributed by atoms with Gasteiger partial charge in [0.15, 0.2) is 0 Å². The highest BCUT2D eigenvalue weighted by molar-refractivity contribution is 5.78. The van der Waals surface area contributed by atoms with Gasteiger partial charge in [0.2, 0.25) is 5.91 Å². The van der Waals surface area contributed by atoms with Crippen LogP contribution in [0.4, 0.5) is 0 Å². The SMILES string of the molecule is CC(C)NC(=O)CNCCC(C)(C)C. The minimum absolute atomic E-state index is 0.0777. The Hall–Kier alpha value is -0.570. The van der Waals surface area contributed by atoms with Crippen molar-refractivity contribution < 1.29 is 4.79 Å². The number of hydrogen-bond donors (Lipinski definition) is 2. The van der Waals surface area contributed by atoms with Crippen LogP contribution < -0.4 is 10.6 Å². The van der Waals surface area contributed by atoms with Gasteiger partial charge in [0, 0.05) is 6.04 Å².